The quantitative estimate of drug-likeness (QED) is 0.563. The van der Waals surface area contributed by atoms with Crippen molar-refractivity contribution < 1.29 is 4.63 Å². The molecule has 0 saturated carbocycles. The molecule has 0 amide bonds. The summed E-state index contributed by atoms with van der Waals surface area (Å²) in [6.45, 7) is 0.445. The van der Waals surface area contributed by atoms with Crippen molar-refractivity contribution in [2.45, 2.75) is 6.54 Å². The van der Waals surface area contributed by atoms with Gasteiger partial charge in [-0.3, -0.25) is 9.36 Å². The van der Waals surface area contributed by atoms with Gasteiger partial charge in [0.15, 0.2) is 0 Å². The predicted octanol–water partition coefficient (Wildman–Crippen LogP) is 2.04. The Morgan fingerprint density at radius 3 is 3.05 bits per heavy atom. The fourth-order valence-corrected chi connectivity index (χ4v) is 2.85. The van der Waals surface area contributed by atoms with E-state index in [0.717, 1.165) is 10.4 Å². The highest BCUT2D eigenvalue weighted by Gasteiger charge is 2.07. The van der Waals surface area contributed by atoms with Gasteiger partial charge in [0.2, 0.25) is 0 Å². The van der Waals surface area contributed by atoms with Gasteiger partial charge in [0.1, 0.15) is 15.9 Å². The van der Waals surface area contributed by atoms with Crippen LogP contribution in [0.25, 0.3) is 21.3 Å². The minimum Gasteiger partial charge on any atom is -0.294 e. The molecular formula is C13H8N4O2S. The van der Waals surface area contributed by atoms with Crippen molar-refractivity contribution in [2.24, 2.45) is 0 Å². The molecule has 4 rings (SSSR count). The van der Waals surface area contributed by atoms with Crippen LogP contribution in [0, 0.1) is 0 Å². The van der Waals surface area contributed by atoms with Crippen molar-refractivity contribution in [3.05, 3.63) is 51.9 Å². The lowest BCUT2D eigenvalue weighted by molar-refractivity contribution is 0.315. The van der Waals surface area contributed by atoms with Gasteiger partial charge >= 0.3 is 0 Å². The molecule has 0 radical (unpaired) electrons. The van der Waals surface area contributed by atoms with Gasteiger partial charge in [-0.25, -0.2) is 9.61 Å². The number of hydrogen-bond acceptors (Lipinski definition) is 6. The minimum atomic E-state index is -0.0328. The first-order chi connectivity index (χ1) is 9.81. The molecule has 0 unspecified atom stereocenters. The van der Waals surface area contributed by atoms with E-state index in [1.165, 1.54) is 11.3 Å². The summed E-state index contributed by atoms with van der Waals surface area (Å²) in [6.07, 6.45) is 1.58. The number of benzene rings is 1. The SMILES string of the molecule is O=c1c2ccsc2ncn1Cc1ccc2nonc2c1. The molecule has 0 fully saturated rings. The normalized spacial score (nSPS) is 11.4. The van der Waals surface area contributed by atoms with Gasteiger partial charge in [-0.1, -0.05) is 6.07 Å². The smallest absolute Gasteiger partial charge is 0.262 e. The van der Waals surface area contributed by atoms with Crippen LogP contribution in [0.1, 0.15) is 5.56 Å². The van der Waals surface area contributed by atoms with E-state index in [1.54, 1.807) is 17.0 Å². The number of thiophene rings is 1. The Bertz CT molecular complexity index is 969. The van der Waals surface area contributed by atoms with E-state index in [0.29, 0.717) is 23.0 Å². The van der Waals surface area contributed by atoms with E-state index in [1.807, 2.05) is 23.6 Å². The highest BCUT2D eigenvalue weighted by molar-refractivity contribution is 7.16. The van der Waals surface area contributed by atoms with Gasteiger partial charge in [-0.2, -0.15) is 0 Å². The molecule has 0 spiro atoms. The number of rotatable bonds is 2. The van der Waals surface area contributed by atoms with Crippen molar-refractivity contribution >= 4 is 32.6 Å². The lowest BCUT2D eigenvalue weighted by Gasteiger charge is -2.04. The molecule has 0 aliphatic heterocycles. The van der Waals surface area contributed by atoms with Crippen molar-refractivity contribution in [3.8, 4) is 0 Å². The zero-order valence-corrected chi connectivity index (χ0v) is 11.0. The third-order valence-corrected chi connectivity index (χ3v) is 3.94. The van der Waals surface area contributed by atoms with Gasteiger partial charge in [-0.15, -0.1) is 11.3 Å². The van der Waals surface area contributed by atoms with E-state index in [-0.39, 0.29) is 5.56 Å². The Balaban J connectivity index is 1.79. The zero-order chi connectivity index (χ0) is 13.5. The molecule has 0 N–H and O–H groups in total. The third-order valence-electron chi connectivity index (χ3n) is 3.12. The van der Waals surface area contributed by atoms with E-state index < -0.39 is 0 Å². The minimum absolute atomic E-state index is 0.0328. The molecular weight excluding hydrogens is 276 g/mol. The number of hydrogen-bond donors (Lipinski definition) is 0. The van der Waals surface area contributed by atoms with E-state index in [2.05, 4.69) is 19.9 Å². The summed E-state index contributed by atoms with van der Waals surface area (Å²) in [5.74, 6) is 0. The first-order valence-electron chi connectivity index (χ1n) is 5.95. The van der Waals surface area contributed by atoms with Crippen LogP contribution in [0.3, 0.4) is 0 Å². The Labute approximate surface area is 116 Å². The summed E-state index contributed by atoms with van der Waals surface area (Å²) in [4.78, 5) is 17.3. The lowest BCUT2D eigenvalue weighted by Crippen LogP contribution is -2.20. The van der Waals surface area contributed by atoms with Crippen LogP contribution >= 0.6 is 11.3 Å². The average Bonchev–Trinajstić information content (AvgIpc) is 3.10. The van der Waals surface area contributed by atoms with E-state index in [4.69, 9.17) is 0 Å². The fraction of sp³-hybridized carbons (Fsp3) is 0.0769. The van der Waals surface area contributed by atoms with E-state index in [9.17, 15) is 4.79 Å². The Morgan fingerprint density at radius 1 is 1.20 bits per heavy atom. The molecule has 98 valence electrons. The van der Waals surface area contributed by atoms with Gasteiger partial charge in [0.05, 0.1) is 18.3 Å². The van der Waals surface area contributed by atoms with Crippen LogP contribution < -0.4 is 5.56 Å². The van der Waals surface area contributed by atoms with E-state index >= 15 is 0 Å². The monoisotopic (exact) mass is 284 g/mol. The number of fused-ring (bicyclic) bond motifs is 2. The summed E-state index contributed by atoms with van der Waals surface area (Å²) in [6, 6.07) is 7.38. The number of aromatic nitrogens is 4. The molecule has 0 aliphatic carbocycles. The number of nitrogens with zero attached hydrogens (tertiary/aromatic N) is 4. The summed E-state index contributed by atoms with van der Waals surface area (Å²) in [7, 11) is 0. The van der Waals surface area contributed by atoms with Crippen molar-refractivity contribution in [1.82, 2.24) is 19.9 Å². The lowest BCUT2D eigenvalue weighted by atomic mass is 10.2. The fourth-order valence-electron chi connectivity index (χ4n) is 2.13. The zero-order valence-electron chi connectivity index (χ0n) is 10.2. The molecule has 0 bridgehead atoms. The molecule has 0 atom stereocenters. The maximum Gasteiger partial charge on any atom is 0.262 e. The van der Waals surface area contributed by atoms with Crippen LogP contribution in [0.2, 0.25) is 0 Å². The average molecular weight is 284 g/mol. The second-order valence-electron chi connectivity index (χ2n) is 4.40. The second-order valence-corrected chi connectivity index (χ2v) is 5.30. The molecule has 7 heteroatoms. The van der Waals surface area contributed by atoms with Crippen molar-refractivity contribution in [2.75, 3.05) is 0 Å². The highest BCUT2D eigenvalue weighted by atomic mass is 32.1. The highest BCUT2D eigenvalue weighted by Crippen LogP contribution is 2.15. The maximum atomic E-state index is 12.3. The Kier molecular flexibility index (Phi) is 2.40. The van der Waals surface area contributed by atoms with Gasteiger partial charge in [0, 0.05) is 0 Å². The third kappa shape index (κ3) is 1.71. The van der Waals surface area contributed by atoms with Crippen LogP contribution in [-0.2, 0) is 6.54 Å². The maximum absolute atomic E-state index is 12.3. The van der Waals surface area contributed by atoms with Crippen molar-refractivity contribution in [1.29, 1.82) is 0 Å². The standard InChI is InChI=1S/C13H8N4O2S/c18-13-9-3-4-20-12(9)14-7-17(13)6-8-1-2-10-11(5-8)16-19-15-10/h1-5,7H,6H2. The molecule has 3 heterocycles. The first-order valence-corrected chi connectivity index (χ1v) is 6.83. The van der Waals surface area contributed by atoms with Crippen LogP contribution in [0.5, 0.6) is 0 Å². The topological polar surface area (TPSA) is 73.8 Å². The van der Waals surface area contributed by atoms with Gasteiger partial charge in [-0.05, 0) is 39.5 Å². The molecule has 0 aliphatic rings. The molecule has 20 heavy (non-hydrogen) atoms. The Hall–Kier alpha value is -2.54. The summed E-state index contributed by atoms with van der Waals surface area (Å²) < 4.78 is 6.25. The molecule has 6 nitrogen and oxygen atoms in total. The molecule has 3 aromatic heterocycles. The van der Waals surface area contributed by atoms with Crippen LogP contribution in [0.15, 0.2) is 45.4 Å². The summed E-state index contributed by atoms with van der Waals surface area (Å²) >= 11 is 1.46. The van der Waals surface area contributed by atoms with Crippen LogP contribution in [-0.4, -0.2) is 19.9 Å². The molecule has 0 saturated heterocycles. The predicted molar refractivity (Wildman–Crippen MR) is 74.8 cm³/mol. The molecule has 1 aromatic carbocycles. The molecule has 4 aromatic rings. The van der Waals surface area contributed by atoms with Gasteiger partial charge in [0.25, 0.3) is 5.56 Å². The summed E-state index contributed by atoms with van der Waals surface area (Å²) in [5, 5.41) is 10.1. The van der Waals surface area contributed by atoms with Crippen LogP contribution in [0.4, 0.5) is 0 Å². The Morgan fingerprint density at radius 2 is 2.10 bits per heavy atom. The largest absolute Gasteiger partial charge is 0.294 e. The second kappa shape index (κ2) is 4.24. The van der Waals surface area contributed by atoms with Gasteiger partial charge < -0.3 is 0 Å². The van der Waals surface area contributed by atoms with Crippen molar-refractivity contribution in [3.63, 3.8) is 0 Å². The first kappa shape index (κ1) is 11.3. The summed E-state index contributed by atoms with van der Waals surface area (Å²) in [5.41, 5.74) is 2.30.